The normalized spacial score (nSPS) is 28.7. The minimum absolute atomic E-state index is 0.599. The van der Waals surface area contributed by atoms with Crippen molar-refractivity contribution >= 4 is 0 Å². The first-order valence-corrected chi connectivity index (χ1v) is 6.89. The Morgan fingerprint density at radius 3 is 2.88 bits per heavy atom. The standard InChI is InChI=1S/C13H26N2O/c1-12-11-16-9-8-15(12)7-6-14-10-13-4-2-3-5-13/h12-14H,2-11H2,1H3. The number of rotatable bonds is 5. The SMILES string of the molecule is CC1COCCN1CCNCC1CCCC1. The highest BCUT2D eigenvalue weighted by molar-refractivity contribution is 4.73. The van der Waals surface area contributed by atoms with Crippen molar-refractivity contribution < 1.29 is 4.74 Å². The fourth-order valence-corrected chi connectivity index (χ4v) is 2.84. The molecular formula is C13H26N2O. The van der Waals surface area contributed by atoms with Gasteiger partial charge in [-0.1, -0.05) is 12.8 Å². The van der Waals surface area contributed by atoms with E-state index >= 15 is 0 Å². The highest BCUT2D eigenvalue weighted by atomic mass is 16.5. The Kier molecular flexibility index (Phi) is 5.07. The van der Waals surface area contributed by atoms with Crippen LogP contribution >= 0.6 is 0 Å². The van der Waals surface area contributed by atoms with Crippen LogP contribution in [0.25, 0.3) is 0 Å². The van der Waals surface area contributed by atoms with Gasteiger partial charge < -0.3 is 10.1 Å². The van der Waals surface area contributed by atoms with Crippen LogP contribution in [0.2, 0.25) is 0 Å². The summed E-state index contributed by atoms with van der Waals surface area (Å²) in [5.41, 5.74) is 0. The first kappa shape index (κ1) is 12.3. The lowest BCUT2D eigenvalue weighted by molar-refractivity contribution is 0.000370. The minimum atomic E-state index is 0.599. The van der Waals surface area contributed by atoms with Crippen LogP contribution in [-0.4, -0.2) is 50.3 Å². The van der Waals surface area contributed by atoms with Crippen LogP contribution in [0.3, 0.4) is 0 Å². The Morgan fingerprint density at radius 2 is 2.12 bits per heavy atom. The van der Waals surface area contributed by atoms with E-state index in [0.29, 0.717) is 6.04 Å². The second-order valence-electron chi connectivity index (χ2n) is 5.31. The second-order valence-corrected chi connectivity index (χ2v) is 5.31. The molecule has 94 valence electrons. The molecule has 3 nitrogen and oxygen atoms in total. The summed E-state index contributed by atoms with van der Waals surface area (Å²) >= 11 is 0. The van der Waals surface area contributed by atoms with E-state index in [1.54, 1.807) is 0 Å². The number of nitrogens with one attached hydrogen (secondary N) is 1. The molecule has 1 aliphatic heterocycles. The molecular weight excluding hydrogens is 200 g/mol. The van der Waals surface area contributed by atoms with Crippen LogP contribution < -0.4 is 5.32 Å². The molecule has 0 aromatic rings. The lowest BCUT2D eigenvalue weighted by Gasteiger charge is -2.33. The van der Waals surface area contributed by atoms with E-state index in [1.165, 1.54) is 38.8 Å². The predicted octanol–water partition coefficient (Wildman–Crippen LogP) is 1.49. The zero-order valence-corrected chi connectivity index (χ0v) is 10.6. The Bertz CT molecular complexity index is 192. The maximum atomic E-state index is 5.44. The molecule has 2 rings (SSSR count). The molecule has 0 radical (unpaired) electrons. The van der Waals surface area contributed by atoms with Gasteiger partial charge in [-0.2, -0.15) is 0 Å². The fraction of sp³-hybridized carbons (Fsp3) is 1.00. The quantitative estimate of drug-likeness (QED) is 0.719. The van der Waals surface area contributed by atoms with Crippen molar-refractivity contribution in [2.75, 3.05) is 39.4 Å². The Morgan fingerprint density at radius 1 is 1.31 bits per heavy atom. The Labute approximate surface area is 99.5 Å². The smallest absolute Gasteiger partial charge is 0.0619 e. The van der Waals surface area contributed by atoms with Crippen molar-refractivity contribution in [2.24, 2.45) is 5.92 Å². The molecule has 1 atom stereocenters. The second kappa shape index (κ2) is 6.58. The van der Waals surface area contributed by atoms with Gasteiger partial charge in [-0.15, -0.1) is 0 Å². The average molecular weight is 226 g/mol. The maximum absolute atomic E-state index is 5.44. The summed E-state index contributed by atoms with van der Waals surface area (Å²) in [6.45, 7) is 8.73. The third-order valence-electron chi connectivity index (χ3n) is 3.99. The van der Waals surface area contributed by atoms with Crippen molar-refractivity contribution in [3.05, 3.63) is 0 Å². The first-order chi connectivity index (χ1) is 7.86. The van der Waals surface area contributed by atoms with Crippen molar-refractivity contribution in [3.8, 4) is 0 Å². The van der Waals surface area contributed by atoms with E-state index in [-0.39, 0.29) is 0 Å². The summed E-state index contributed by atoms with van der Waals surface area (Å²) in [4.78, 5) is 2.53. The molecule has 2 fully saturated rings. The molecule has 1 aliphatic carbocycles. The van der Waals surface area contributed by atoms with Crippen molar-refractivity contribution in [2.45, 2.75) is 38.6 Å². The molecule has 1 unspecified atom stereocenters. The van der Waals surface area contributed by atoms with Gasteiger partial charge in [0.2, 0.25) is 0 Å². The van der Waals surface area contributed by atoms with Gasteiger partial charge in [-0.3, -0.25) is 4.90 Å². The molecule has 1 saturated carbocycles. The highest BCUT2D eigenvalue weighted by Gasteiger charge is 2.18. The third-order valence-corrected chi connectivity index (χ3v) is 3.99. The summed E-state index contributed by atoms with van der Waals surface area (Å²) in [5.74, 6) is 0.960. The van der Waals surface area contributed by atoms with Gasteiger partial charge in [-0.25, -0.2) is 0 Å². The van der Waals surface area contributed by atoms with E-state index in [1.807, 2.05) is 0 Å². The van der Waals surface area contributed by atoms with Crippen molar-refractivity contribution in [1.82, 2.24) is 10.2 Å². The largest absolute Gasteiger partial charge is 0.379 e. The summed E-state index contributed by atoms with van der Waals surface area (Å²) in [6.07, 6.45) is 5.79. The zero-order valence-electron chi connectivity index (χ0n) is 10.6. The van der Waals surface area contributed by atoms with Crippen LogP contribution in [0, 0.1) is 5.92 Å². The average Bonchev–Trinajstić information content (AvgIpc) is 2.79. The molecule has 1 N–H and O–H groups in total. The molecule has 16 heavy (non-hydrogen) atoms. The van der Waals surface area contributed by atoms with Crippen LogP contribution in [0.4, 0.5) is 0 Å². The molecule has 0 bridgehead atoms. The van der Waals surface area contributed by atoms with Crippen molar-refractivity contribution in [1.29, 1.82) is 0 Å². The number of morpholine rings is 1. The molecule has 0 aromatic carbocycles. The van der Waals surface area contributed by atoms with Crippen LogP contribution in [-0.2, 0) is 4.74 Å². The summed E-state index contributed by atoms with van der Waals surface area (Å²) in [5, 5.41) is 3.61. The van der Waals surface area contributed by atoms with Crippen LogP contribution in [0.15, 0.2) is 0 Å². The number of hydrogen-bond donors (Lipinski definition) is 1. The van der Waals surface area contributed by atoms with Crippen LogP contribution in [0.1, 0.15) is 32.6 Å². The molecule has 0 aromatic heterocycles. The van der Waals surface area contributed by atoms with E-state index in [2.05, 4.69) is 17.1 Å². The number of ether oxygens (including phenoxy) is 1. The highest BCUT2D eigenvalue weighted by Crippen LogP contribution is 2.23. The van der Waals surface area contributed by atoms with Gasteiger partial charge in [0.05, 0.1) is 13.2 Å². The lowest BCUT2D eigenvalue weighted by atomic mass is 10.1. The minimum Gasteiger partial charge on any atom is -0.379 e. The van der Waals surface area contributed by atoms with Gasteiger partial charge in [0, 0.05) is 25.7 Å². The monoisotopic (exact) mass is 226 g/mol. The molecule has 0 amide bonds. The molecule has 2 aliphatic rings. The molecule has 3 heteroatoms. The predicted molar refractivity (Wildman–Crippen MR) is 66.7 cm³/mol. The summed E-state index contributed by atoms with van der Waals surface area (Å²) in [7, 11) is 0. The zero-order chi connectivity index (χ0) is 11.2. The molecule has 1 saturated heterocycles. The van der Waals surface area contributed by atoms with E-state index < -0.39 is 0 Å². The van der Waals surface area contributed by atoms with Gasteiger partial charge in [0.15, 0.2) is 0 Å². The Hall–Kier alpha value is -0.120. The number of hydrogen-bond acceptors (Lipinski definition) is 3. The van der Waals surface area contributed by atoms with E-state index in [9.17, 15) is 0 Å². The summed E-state index contributed by atoms with van der Waals surface area (Å²) < 4.78 is 5.44. The molecule has 1 heterocycles. The van der Waals surface area contributed by atoms with E-state index in [0.717, 1.165) is 32.2 Å². The van der Waals surface area contributed by atoms with Gasteiger partial charge in [0.1, 0.15) is 0 Å². The van der Waals surface area contributed by atoms with Crippen LogP contribution in [0.5, 0.6) is 0 Å². The van der Waals surface area contributed by atoms with Gasteiger partial charge in [0.25, 0.3) is 0 Å². The topological polar surface area (TPSA) is 24.5 Å². The van der Waals surface area contributed by atoms with E-state index in [4.69, 9.17) is 4.74 Å². The Balaban J connectivity index is 1.53. The summed E-state index contributed by atoms with van der Waals surface area (Å²) in [6, 6.07) is 0.599. The third kappa shape index (κ3) is 3.72. The van der Waals surface area contributed by atoms with Gasteiger partial charge in [-0.05, 0) is 32.2 Å². The fourth-order valence-electron chi connectivity index (χ4n) is 2.84. The molecule has 0 spiro atoms. The maximum Gasteiger partial charge on any atom is 0.0619 e. The lowest BCUT2D eigenvalue weighted by Crippen LogP contribution is -2.46. The van der Waals surface area contributed by atoms with Gasteiger partial charge >= 0.3 is 0 Å². The number of nitrogens with zero attached hydrogens (tertiary/aromatic N) is 1. The first-order valence-electron chi connectivity index (χ1n) is 6.89. The van der Waals surface area contributed by atoms with Crippen molar-refractivity contribution in [3.63, 3.8) is 0 Å².